The third-order valence-corrected chi connectivity index (χ3v) is 3.03. The largest absolute Gasteiger partial charge is 0.480 e. The average molecular weight is 261 g/mol. The highest BCUT2D eigenvalue weighted by Gasteiger charge is 2.34. The molecule has 98 valence electrons. The predicted molar refractivity (Wildman–Crippen MR) is 63.3 cm³/mol. The summed E-state index contributed by atoms with van der Waals surface area (Å²) in [6, 6.07) is 3.95. The van der Waals surface area contributed by atoms with Crippen molar-refractivity contribution in [3.05, 3.63) is 34.2 Å². The molecule has 0 radical (unpaired) electrons. The molecule has 1 aromatic rings. The Balaban J connectivity index is 2.30. The maximum atomic E-state index is 12.0. The van der Waals surface area contributed by atoms with E-state index in [2.05, 4.69) is 0 Å². The molecule has 0 spiro atoms. The van der Waals surface area contributed by atoms with E-state index in [4.69, 9.17) is 10.4 Å². The van der Waals surface area contributed by atoms with Gasteiger partial charge in [-0.1, -0.05) is 0 Å². The summed E-state index contributed by atoms with van der Waals surface area (Å²) in [6.45, 7) is -0.0823. The van der Waals surface area contributed by atoms with Gasteiger partial charge < -0.3 is 14.6 Å². The molecule has 2 heterocycles. The van der Waals surface area contributed by atoms with E-state index in [1.54, 1.807) is 6.07 Å². The van der Waals surface area contributed by atoms with Gasteiger partial charge in [0.05, 0.1) is 0 Å². The maximum absolute atomic E-state index is 12.0. The molecular weight excluding hydrogens is 250 g/mol. The monoisotopic (exact) mass is 261 g/mol. The van der Waals surface area contributed by atoms with E-state index >= 15 is 0 Å². The van der Waals surface area contributed by atoms with Crippen LogP contribution in [0, 0.1) is 11.3 Å². The number of pyridine rings is 1. The van der Waals surface area contributed by atoms with E-state index in [0.29, 0.717) is 13.0 Å². The molecule has 0 aromatic carbocycles. The van der Waals surface area contributed by atoms with Crippen molar-refractivity contribution in [2.45, 2.75) is 12.5 Å². The molecule has 1 saturated heterocycles. The van der Waals surface area contributed by atoms with Gasteiger partial charge in [0, 0.05) is 12.7 Å². The lowest BCUT2D eigenvalue weighted by Gasteiger charge is -2.15. The number of amides is 1. The van der Waals surface area contributed by atoms with Crippen LogP contribution in [0.4, 0.5) is 0 Å². The van der Waals surface area contributed by atoms with Crippen LogP contribution in [-0.2, 0) is 9.59 Å². The van der Waals surface area contributed by atoms with Crippen molar-refractivity contribution in [2.24, 2.45) is 0 Å². The summed E-state index contributed by atoms with van der Waals surface area (Å²) in [6.07, 6.45) is 1.80. The maximum Gasteiger partial charge on any atom is 0.323 e. The molecule has 1 atom stereocenters. The van der Waals surface area contributed by atoms with Gasteiger partial charge in [0.15, 0.2) is 0 Å². The molecule has 1 amide bonds. The molecule has 7 nitrogen and oxygen atoms in total. The SMILES string of the molecule is N#Cc1cccn(C2CCN(CC(=O)O)C2=O)c1=O. The number of carboxylic acids is 1. The van der Waals surface area contributed by atoms with Crippen LogP contribution in [0.5, 0.6) is 0 Å². The molecule has 1 N–H and O–H groups in total. The third kappa shape index (κ3) is 2.33. The van der Waals surface area contributed by atoms with E-state index in [9.17, 15) is 14.4 Å². The van der Waals surface area contributed by atoms with Gasteiger partial charge in [-0.25, -0.2) is 0 Å². The minimum absolute atomic E-state index is 0.0352. The van der Waals surface area contributed by atoms with Crippen molar-refractivity contribution in [2.75, 3.05) is 13.1 Å². The molecule has 1 aromatic heterocycles. The molecule has 1 fully saturated rings. The Morgan fingerprint density at radius 3 is 2.89 bits per heavy atom. The Labute approximate surface area is 108 Å². The summed E-state index contributed by atoms with van der Waals surface area (Å²) in [7, 11) is 0. The highest BCUT2D eigenvalue weighted by Crippen LogP contribution is 2.21. The number of hydrogen-bond donors (Lipinski definition) is 1. The molecule has 0 aliphatic carbocycles. The zero-order valence-corrected chi connectivity index (χ0v) is 9.94. The first kappa shape index (κ1) is 12.8. The van der Waals surface area contributed by atoms with Crippen molar-refractivity contribution in [1.29, 1.82) is 5.26 Å². The zero-order chi connectivity index (χ0) is 14.0. The van der Waals surface area contributed by atoms with Crippen molar-refractivity contribution in [3.8, 4) is 6.07 Å². The predicted octanol–water partition coefficient (Wildman–Crippen LogP) is -0.422. The number of aliphatic carboxylic acids is 1. The summed E-state index contributed by atoms with van der Waals surface area (Å²) in [5.41, 5.74) is -0.562. The Hall–Kier alpha value is -2.62. The number of likely N-dealkylation sites (tertiary alicyclic amines) is 1. The molecule has 1 unspecified atom stereocenters. The minimum Gasteiger partial charge on any atom is -0.480 e. The summed E-state index contributed by atoms with van der Waals surface area (Å²) < 4.78 is 1.20. The van der Waals surface area contributed by atoms with Crippen LogP contribution in [0.15, 0.2) is 23.1 Å². The Morgan fingerprint density at radius 1 is 1.53 bits per heavy atom. The third-order valence-electron chi connectivity index (χ3n) is 3.03. The first-order chi connectivity index (χ1) is 9.04. The van der Waals surface area contributed by atoms with Crippen LogP contribution in [0.2, 0.25) is 0 Å². The Bertz CT molecular complexity index is 629. The molecule has 2 rings (SSSR count). The quantitative estimate of drug-likeness (QED) is 0.795. The lowest BCUT2D eigenvalue weighted by atomic mass is 10.2. The normalized spacial score (nSPS) is 18.4. The number of carbonyl (C=O) groups excluding carboxylic acids is 1. The van der Waals surface area contributed by atoms with Crippen LogP contribution >= 0.6 is 0 Å². The Morgan fingerprint density at radius 2 is 2.26 bits per heavy atom. The van der Waals surface area contributed by atoms with E-state index in [1.165, 1.54) is 27.8 Å². The van der Waals surface area contributed by atoms with E-state index < -0.39 is 23.5 Å². The van der Waals surface area contributed by atoms with Crippen LogP contribution in [0.3, 0.4) is 0 Å². The molecule has 19 heavy (non-hydrogen) atoms. The van der Waals surface area contributed by atoms with Crippen LogP contribution in [0.25, 0.3) is 0 Å². The van der Waals surface area contributed by atoms with Crippen LogP contribution in [0.1, 0.15) is 18.0 Å². The fraction of sp³-hybridized carbons (Fsp3) is 0.333. The first-order valence-electron chi connectivity index (χ1n) is 5.66. The van der Waals surface area contributed by atoms with E-state index in [0.717, 1.165) is 0 Å². The van der Waals surface area contributed by atoms with Gasteiger partial charge in [0.2, 0.25) is 5.91 Å². The topological polar surface area (TPSA) is 103 Å². The standard InChI is InChI=1S/C12H11N3O4/c13-6-8-2-1-4-15(11(8)18)9-3-5-14(12(9)19)7-10(16)17/h1-2,4,9H,3,5,7H2,(H,16,17). The molecule has 1 aliphatic heterocycles. The van der Waals surface area contributed by atoms with Gasteiger partial charge in [-0.05, 0) is 18.6 Å². The second-order valence-corrected chi connectivity index (χ2v) is 4.20. The van der Waals surface area contributed by atoms with Gasteiger partial charge in [-0.2, -0.15) is 5.26 Å². The lowest BCUT2D eigenvalue weighted by molar-refractivity contribution is -0.143. The number of aromatic nitrogens is 1. The number of nitriles is 1. The van der Waals surface area contributed by atoms with Gasteiger partial charge >= 0.3 is 5.97 Å². The fourth-order valence-corrected chi connectivity index (χ4v) is 2.14. The molecule has 1 aliphatic rings. The highest BCUT2D eigenvalue weighted by atomic mass is 16.4. The lowest BCUT2D eigenvalue weighted by Crippen LogP contribution is -2.35. The van der Waals surface area contributed by atoms with Crippen molar-refractivity contribution in [1.82, 2.24) is 9.47 Å². The summed E-state index contributed by atoms with van der Waals surface area (Å²) in [5.74, 6) is -1.49. The number of carboxylic acid groups (broad SMARTS) is 1. The summed E-state index contributed by atoms with van der Waals surface area (Å²) in [4.78, 5) is 35.7. The Kier molecular flexibility index (Phi) is 3.33. The van der Waals surface area contributed by atoms with Gasteiger partial charge in [-0.15, -0.1) is 0 Å². The van der Waals surface area contributed by atoms with Crippen LogP contribution in [-0.4, -0.2) is 39.5 Å². The van der Waals surface area contributed by atoms with Crippen molar-refractivity contribution < 1.29 is 14.7 Å². The second kappa shape index (κ2) is 4.94. The van der Waals surface area contributed by atoms with Crippen molar-refractivity contribution >= 4 is 11.9 Å². The summed E-state index contributed by atoms with van der Waals surface area (Å²) in [5, 5.41) is 17.5. The number of hydrogen-bond acceptors (Lipinski definition) is 4. The zero-order valence-electron chi connectivity index (χ0n) is 9.94. The van der Waals surface area contributed by atoms with Crippen molar-refractivity contribution in [3.63, 3.8) is 0 Å². The van der Waals surface area contributed by atoms with Gasteiger partial charge in [0.25, 0.3) is 5.56 Å². The first-order valence-corrected chi connectivity index (χ1v) is 5.66. The average Bonchev–Trinajstić information content (AvgIpc) is 2.71. The minimum atomic E-state index is -1.09. The van der Waals surface area contributed by atoms with Crippen LogP contribution < -0.4 is 5.56 Å². The summed E-state index contributed by atoms with van der Waals surface area (Å²) >= 11 is 0. The molecule has 0 bridgehead atoms. The smallest absolute Gasteiger partial charge is 0.323 e. The van der Waals surface area contributed by atoms with E-state index in [-0.39, 0.29) is 12.1 Å². The fourth-order valence-electron chi connectivity index (χ4n) is 2.14. The van der Waals surface area contributed by atoms with Gasteiger partial charge in [-0.3, -0.25) is 14.4 Å². The number of carbonyl (C=O) groups is 2. The second-order valence-electron chi connectivity index (χ2n) is 4.20. The van der Waals surface area contributed by atoms with E-state index in [1.807, 2.05) is 0 Å². The highest BCUT2D eigenvalue weighted by molar-refractivity contribution is 5.86. The number of nitrogens with zero attached hydrogens (tertiary/aromatic N) is 3. The number of rotatable bonds is 3. The molecular formula is C12H11N3O4. The molecule has 7 heteroatoms. The molecule has 0 saturated carbocycles. The van der Waals surface area contributed by atoms with Gasteiger partial charge in [0.1, 0.15) is 24.2 Å².